The number of hydrogen-bond donors (Lipinski definition) is 0. The maximum absolute atomic E-state index is 2.42. The van der Waals surface area contributed by atoms with Crippen LogP contribution < -0.4 is 0 Å². The van der Waals surface area contributed by atoms with Gasteiger partial charge in [-0.2, -0.15) is 0 Å². The molecule has 2 aromatic heterocycles. The van der Waals surface area contributed by atoms with Crippen LogP contribution in [0.25, 0.3) is 133 Å². The molecule has 0 saturated heterocycles. The Morgan fingerprint density at radius 1 is 0.221 bits per heavy atom. The minimum atomic E-state index is -0.0351. The Morgan fingerprint density at radius 2 is 0.558 bits per heavy atom. The van der Waals surface area contributed by atoms with Crippen LogP contribution in [-0.4, -0.2) is 9.13 Å². The van der Waals surface area contributed by atoms with E-state index >= 15 is 0 Å². The molecule has 0 unspecified atom stereocenters. The third-order valence-corrected chi connectivity index (χ3v) is 16.6. The van der Waals surface area contributed by atoms with Gasteiger partial charge in [0.25, 0.3) is 0 Å². The zero-order valence-corrected chi connectivity index (χ0v) is 43.0. The summed E-state index contributed by atoms with van der Waals surface area (Å²) in [5, 5.41) is 4.98. The fourth-order valence-corrected chi connectivity index (χ4v) is 12.6. The summed E-state index contributed by atoms with van der Waals surface area (Å²) in [6.07, 6.45) is 0. The highest BCUT2D eigenvalue weighted by molar-refractivity contribution is 6.13. The van der Waals surface area contributed by atoms with Crippen molar-refractivity contribution in [2.24, 2.45) is 0 Å². The molecule has 0 radical (unpaired) electrons. The number of para-hydroxylation sites is 2. The number of fused-ring (bicyclic) bond motifs is 9. The van der Waals surface area contributed by atoms with E-state index in [1.165, 1.54) is 133 Å². The van der Waals surface area contributed by atoms with Gasteiger partial charge in [-0.15, -0.1) is 0 Å². The highest BCUT2D eigenvalue weighted by atomic mass is 15.0. The standard InChI is InChI=1S/C75H52N2/c1-75(2)69-23-9-6-20-63(69)64-41-34-60(48-70(64)75)53-32-39-62(40-33-53)77-72-25-11-8-22-66(72)68-47-59(36-43-74(68)77)58-35-42-73-67(46-58)65-21-7-10-24-71(65)76(73)61-37-30-51(31-38-61)50-26-28-52(29-27-50)55-17-13-19-57(45-55)56-18-12-16-54(44-56)49-14-4-3-5-15-49/h3-48H,1-2H3. The van der Waals surface area contributed by atoms with Gasteiger partial charge < -0.3 is 9.13 Å². The number of nitrogens with zero attached hydrogens (tertiary/aromatic N) is 2. The van der Waals surface area contributed by atoms with Crippen molar-refractivity contribution in [3.63, 3.8) is 0 Å². The van der Waals surface area contributed by atoms with Gasteiger partial charge in [0, 0.05) is 38.3 Å². The van der Waals surface area contributed by atoms with Crippen molar-refractivity contribution in [1.29, 1.82) is 0 Å². The van der Waals surface area contributed by atoms with Gasteiger partial charge in [0.1, 0.15) is 0 Å². The lowest BCUT2D eigenvalue weighted by Crippen LogP contribution is -2.14. The molecule has 362 valence electrons. The minimum Gasteiger partial charge on any atom is -0.309 e. The highest BCUT2D eigenvalue weighted by Crippen LogP contribution is 2.50. The van der Waals surface area contributed by atoms with Gasteiger partial charge in [0.05, 0.1) is 22.1 Å². The second-order valence-corrected chi connectivity index (χ2v) is 21.3. The predicted molar refractivity (Wildman–Crippen MR) is 325 cm³/mol. The average molecular weight is 981 g/mol. The first-order chi connectivity index (χ1) is 37.9. The van der Waals surface area contributed by atoms with Crippen molar-refractivity contribution in [2.75, 3.05) is 0 Å². The van der Waals surface area contributed by atoms with Gasteiger partial charge in [-0.1, -0.05) is 214 Å². The third-order valence-electron chi connectivity index (χ3n) is 16.6. The van der Waals surface area contributed by atoms with Crippen molar-refractivity contribution in [3.05, 3.63) is 290 Å². The Morgan fingerprint density at radius 3 is 1.09 bits per heavy atom. The molecule has 0 atom stereocenters. The predicted octanol–water partition coefficient (Wildman–Crippen LogP) is 20.2. The SMILES string of the molecule is CC1(C)c2ccccc2-c2ccc(-c3ccc(-n4c5ccccc5c5cc(-c6ccc7c(c6)c6ccccc6n7-c6ccc(-c7ccc(-c8cccc(-c9cccc(-c%10ccccc%10)c9)c8)cc7)cc6)ccc54)cc3)cc21. The lowest BCUT2D eigenvalue weighted by Gasteiger charge is -2.22. The van der Waals surface area contributed by atoms with E-state index in [2.05, 4.69) is 302 Å². The van der Waals surface area contributed by atoms with Crippen LogP contribution in [0.5, 0.6) is 0 Å². The minimum absolute atomic E-state index is 0.0351. The Balaban J connectivity index is 0.715. The molecule has 15 rings (SSSR count). The summed E-state index contributed by atoms with van der Waals surface area (Å²) in [7, 11) is 0. The summed E-state index contributed by atoms with van der Waals surface area (Å²) in [6.45, 7) is 4.70. The van der Waals surface area contributed by atoms with E-state index in [0.29, 0.717) is 0 Å². The highest BCUT2D eigenvalue weighted by Gasteiger charge is 2.35. The molecule has 0 aliphatic heterocycles. The van der Waals surface area contributed by atoms with Crippen molar-refractivity contribution in [1.82, 2.24) is 9.13 Å². The average Bonchev–Trinajstić information content (AvgIpc) is 4.13. The van der Waals surface area contributed by atoms with Crippen molar-refractivity contribution >= 4 is 43.6 Å². The Hall–Kier alpha value is -9.76. The molecule has 12 aromatic carbocycles. The molecular weight excluding hydrogens is 929 g/mol. The zero-order chi connectivity index (χ0) is 51.2. The molecule has 0 fully saturated rings. The normalized spacial score (nSPS) is 12.6. The smallest absolute Gasteiger partial charge is 0.0541 e. The molecule has 1 aliphatic rings. The van der Waals surface area contributed by atoms with Gasteiger partial charge in [-0.3, -0.25) is 0 Å². The van der Waals surface area contributed by atoms with Crippen LogP contribution in [0.4, 0.5) is 0 Å². The van der Waals surface area contributed by atoms with Crippen molar-refractivity contribution < 1.29 is 0 Å². The van der Waals surface area contributed by atoms with E-state index in [0.717, 1.165) is 11.4 Å². The zero-order valence-electron chi connectivity index (χ0n) is 43.0. The maximum atomic E-state index is 2.42. The van der Waals surface area contributed by atoms with Crippen LogP contribution >= 0.6 is 0 Å². The first-order valence-electron chi connectivity index (χ1n) is 26.8. The summed E-state index contributed by atoms with van der Waals surface area (Å²) >= 11 is 0. The molecule has 0 spiro atoms. The number of rotatable bonds is 8. The van der Waals surface area contributed by atoms with Crippen LogP contribution in [0, 0.1) is 0 Å². The molecule has 2 heteroatoms. The Labute approximate surface area is 449 Å². The molecule has 2 nitrogen and oxygen atoms in total. The van der Waals surface area contributed by atoms with Gasteiger partial charge in [0.2, 0.25) is 0 Å². The lowest BCUT2D eigenvalue weighted by molar-refractivity contribution is 0.660. The number of benzene rings is 12. The van der Waals surface area contributed by atoms with Crippen LogP contribution in [-0.2, 0) is 5.41 Å². The molecule has 0 amide bonds. The van der Waals surface area contributed by atoms with E-state index in [4.69, 9.17) is 0 Å². The van der Waals surface area contributed by atoms with Gasteiger partial charge in [0.15, 0.2) is 0 Å². The van der Waals surface area contributed by atoms with Crippen LogP contribution in [0.1, 0.15) is 25.0 Å². The summed E-state index contributed by atoms with van der Waals surface area (Å²) in [5.41, 5.74) is 27.1. The van der Waals surface area contributed by atoms with Crippen molar-refractivity contribution in [3.8, 4) is 89.3 Å². The van der Waals surface area contributed by atoms with Gasteiger partial charge in [-0.25, -0.2) is 0 Å². The van der Waals surface area contributed by atoms with Crippen LogP contribution in [0.3, 0.4) is 0 Å². The monoisotopic (exact) mass is 980 g/mol. The van der Waals surface area contributed by atoms with Crippen molar-refractivity contribution in [2.45, 2.75) is 19.3 Å². The van der Waals surface area contributed by atoms with E-state index in [1.54, 1.807) is 0 Å². The fourth-order valence-electron chi connectivity index (χ4n) is 12.6. The first-order valence-corrected chi connectivity index (χ1v) is 26.8. The largest absolute Gasteiger partial charge is 0.309 e. The van der Waals surface area contributed by atoms with Gasteiger partial charge in [-0.05, 0) is 168 Å². The van der Waals surface area contributed by atoms with E-state index in [1.807, 2.05) is 0 Å². The first kappa shape index (κ1) is 44.7. The molecule has 0 N–H and O–H groups in total. The molecule has 0 saturated carbocycles. The summed E-state index contributed by atoms with van der Waals surface area (Å²) in [6, 6.07) is 103. The van der Waals surface area contributed by atoms with E-state index in [-0.39, 0.29) is 5.41 Å². The van der Waals surface area contributed by atoms with Crippen LogP contribution in [0.2, 0.25) is 0 Å². The topological polar surface area (TPSA) is 9.86 Å². The summed E-state index contributed by atoms with van der Waals surface area (Å²) < 4.78 is 4.83. The second-order valence-electron chi connectivity index (χ2n) is 21.3. The molecular formula is C75H52N2. The summed E-state index contributed by atoms with van der Waals surface area (Å²) in [4.78, 5) is 0. The maximum Gasteiger partial charge on any atom is 0.0541 e. The third kappa shape index (κ3) is 7.40. The molecule has 77 heavy (non-hydrogen) atoms. The fraction of sp³-hybridized carbons (Fsp3) is 0.0400. The second kappa shape index (κ2) is 17.7. The Bertz CT molecular complexity index is 4610. The quantitative estimate of drug-likeness (QED) is 0.144. The van der Waals surface area contributed by atoms with E-state index < -0.39 is 0 Å². The molecule has 1 aliphatic carbocycles. The van der Waals surface area contributed by atoms with E-state index in [9.17, 15) is 0 Å². The molecule has 14 aromatic rings. The van der Waals surface area contributed by atoms with Crippen LogP contribution in [0.15, 0.2) is 279 Å². The molecule has 2 heterocycles. The summed E-state index contributed by atoms with van der Waals surface area (Å²) in [5.74, 6) is 0. The lowest BCUT2D eigenvalue weighted by atomic mass is 9.81. The Kier molecular flexibility index (Phi) is 10.3. The number of hydrogen-bond acceptors (Lipinski definition) is 0. The number of aromatic nitrogens is 2. The molecule has 0 bridgehead atoms. The van der Waals surface area contributed by atoms with Gasteiger partial charge >= 0.3 is 0 Å².